The number of ether oxygens (including phenoxy) is 1. The molecule has 2 atom stereocenters. The van der Waals surface area contributed by atoms with E-state index in [1.807, 2.05) is 15.9 Å². The van der Waals surface area contributed by atoms with E-state index in [9.17, 15) is 9.59 Å². The highest BCUT2D eigenvalue weighted by molar-refractivity contribution is 5.91. The summed E-state index contributed by atoms with van der Waals surface area (Å²) in [5.74, 6) is 1.07. The van der Waals surface area contributed by atoms with Gasteiger partial charge in [-0.3, -0.25) is 9.69 Å². The van der Waals surface area contributed by atoms with Crippen molar-refractivity contribution in [3.8, 4) is 0 Å². The molecule has 2 amide bonds. The second-order valence-electron chi connectivity index (χ2n) is 6.84. The van der Waals surface area contributed by atoms with Gasteiger partial charge >= 0.3 is 6.09 Å². The predicted molar refractivity (Wildman–Crippen MR) is 93.8 cm³/mol. The number of hydrogen-bond acceptors (Lipinski definition) is 4. The van der Waals surface area contributed by atoms with E-state index in [4.69, 9.17) is 9.15 Å². The Morgan fingerprint density at radius 3 is 2.80 bits per heavy atom. The van der Waals surface area contributed by atoms with Gasteiger partial charge in [0.05, 0.1) is 12.3 Å². The molecule has 0 spiro atoms. The summed E-state index contributed by atoms with van der Waals surface area (Å²) >= 11 is 0. The van der Waals surface area contributed by atoms with Gasteiger partial charge in [0.1, 0.15) is 12.4 Å². The van der Waals surface area contributed by atoms with Crippen molar-refractivity contribution < 1.29 is 18.7 Å². The zero-order valence-corrected chi connectivity index (χ0v) is 14.9. The number of likely N-dealkylation sites (tertiary alicyclic amines) is 1. The van der Waals surface area contributed by atoms with Crippen molar-refractivity contribution in [2.75, 3.05) is 19.7 Å². The van der Waals surface area contributed by atoms with Crippen LogP contribution in [0.5, 0.6) is 0 Å². The van der Waals surface area contributed by atoms with Gasteiger partial charge in [0, 0.05) is 25.2 Å². The molecule has 136 valence electrons. The number of amides is 2. The van der Waals surface area contributed by atoms with E-state index in [1.54, 1.807) is 24.5 Å². The van der Waals surface area contributed by atoms with Gasteiger partial charge in [-0.05, 0) is 37.0 Å². The van der Waals surface area contributed by atoms with Crippen molar-refractivity contribution in [2.24, 2.45) is 5.92 Å². The molecular formula is C19H26N2O4. The lowest BCUT2D eigenvalue weighted by Crippen LogP contribution is -2.51. The Balaban J connectivity index is 1.56. The summed E-state index contributed by atoms with van der Waals surface area (Å²) < 4.78 is 10.5. The van der Waals surface area contributed by atoms with E-state index in [0.717, 1.165) is 19.3 Å². The number of hydrogen-bond donors (Lipinski definition) is 0. The summed E-state index contributed by atoms with van der Waals surface area (Å²) in [6, 6.07) is 3.92. The number of nitrogens with zero attached hydrogens (tertiary/aromatic N) is 2. The fourth-order valence-electron chi connectivity index (χ4n) is 3.59. The van der Waals surface area contributed by atoms with E-state index in [-0.39, 0.29) is 24.1 Å². The molecule has 0 radical (unpaired) electrons. The van der Waals surface area contributed by atoms with Crippen LogP contribution in [0.15, 0.2) is 28.9 Å². The van der Waals surface area contributed by atoms with Gasteiger partial charge in [-0.1, -0.05) is 20.3 Å². The molecule has 2 aliphatic rings. The summed E-state index contributed by atoms with van der Waals surface area (Å²) in [6.07, 6.45) is 7.22. The minimum Gasteiger partial charge on any atom is -0.465 e. The SMILES string of the molecule is CCC(C)C1COC(=O)N1C1CCN(C(=O)C=Cc2ccco2)CC1. The molecule has 0 saturated carbocycles. The molecule has 0 aliphatic carbocycles. The first-order chi connectivity index (χ1) is 12.1. The molecule has 1 aromatic heterocycles. The average Bonchev–Trinajstić information content (AvgIpc) is 3.28. The fraction of sp³-hybridized carbons (Fsp3) is 0.579. The Kier molecular flexibility index (Phi) is 5.46. The van der Waals surface area contributed by atoms with Crippen LogP contribution in [0.2, 0.25) is 0 Å². The molecule has 1 aromatic rings. The van der Waals surface area contributed by atoms with Crippen LogP contribution in [0.25, 0.3) is 6.08 Å². The van der Waals surface area contributed by atoms with E-state index in [0.29, 0.717) is 31.4 Å². The van der Waals surface area contributed by atoms with Crippen LogP contribution in [-0.4, -0.2) is 53.6 Å². The molecule has 6 nitrogen and oxygen atoms in total. The van der Waals surface area contributed by atoms with Crippen molar-refractivity contribution in [2.45, 2.75) is 45.2 Å². The topological polar surface area (TPSA) is 63.0 Å². The van der Waals surface area contributed by atoms with E-state index in [1.165, 1.54) is 0 Å². The van der Waals surface area contributed by atoms with Gasteiger partial charge in [-0.25, -0.2) is 4.79 Å². The lowest BCUT2D eigenvalue weighted by Gasteiger charge is -2.38. The average molecular weight is 346 g/mol. The molecule has 0 bridgehead atoms. The van der Waals surface area contributed by atoms with Crippen LogP contribution >= 0.6 is 0 Å². The van der Waals surface area contributed by atoms with Crippen molar-refractivity contribution >= 4 is 18.1 Å². The first kappa shape index (κ1) is 17.6. The van der Waals surface area contributed by atoms with Crippen molar-refractivity contribution in [3.63, 3.8) is 0 Å². The summed E-state index contributed by atoms with van der Waals surface area (Å²) in [5.41, 5.74) is 0. The predicted octanol–water partition coefficient (Wildman–Crippen LogP) is 3.15. The van der Waals surface area contributed by atoms with Gasteiger partial charge in [0.2, 0.25) is 5.91 Å². The Morgan fingerprint density at radius 1 is 1.40 bits per heavy atom. The smallest absolute Gasteiger partial charge is 0.410 e. The van der Waals surface area contributed by atoms with Crippen molar-refractivity contribution in [1.29, 1.82) is 0 Å². The number of carbonyl (C=O) groups is 2. The maximum absolute atomic E-state index is 12.3. The summed E-state index contributed by atoms with van der Waals surface area (Å²) in [6.45, 7) is 6.10. The molecule has 6 heteroatoms. The lowest BCUT2D eigenvalue weighted by molar-refractivity contribution is -0.127. The molecule has 2 fully saturated rings. The molecular weight excluding hydrogens is 320 g/mol. The molecule has 2 unspecified atom stereocenters. The van der Waals surface area contributed by atoms with E-state index >= 15 is 0 Å². The third-order valence-electron chi connectivity index (χ3n) is 5.35. The van der Waals surface area contributed by atoms with Crippen LogP contribution in [0, 0.1) is 5.92 Å². The second kappa shape index (κ2) is 7.76. The highest BCUT2D eigenvalue weighted by Gasteiger charge is 2.41. The monoisotopic (exact) mass is 346 g/mol. The standard InChI is InChI=1S/C19H26N2O4/c1-3-14(2)17-13-25-19(23)21(17)15-8-10-20(11-9-15)18(22)7-6-16-5-4-12-24-16/h4-7,12,14-15,17H,3,8-11,13H2,1-2H3. The zero-order valence-electron chi connectivity index (χ0n) is 14.9. The normalized spacial score (nSPS) is 23.3. The maximum atomic E-state index is 12.3. The highest BCUT2D eigenvalue weighted by Crippen LogP contribution is 2.28. The van der Waals surface area contributed by atoms with Crippen LogP contribution in [0.1, 0.15) is 38.9 Å². The molecule has 3 rings (SSSR count). The Labute approximate surface area is 148 Å². The molecule has 0 aromatic carbocycles. The Morgan fingerprint density at radius 2 is 2.16 bits per heavy atom. The molecule has 2 aliphatic heterocycles. The minimum atomic E-state index is -0.201. The Hall–Kier alpha value is -2.24. The highest BCUT2D eigenvalue weighted by atomic mass is 16.6. The number of carbonyl (C=O) groups excluding carboxylic acids is 2. The minimum absolute atomic E-state index is 0.0164. The van der Waals surface area contributed by atoms with Crippen LogP contribution < -0.4 is 0 Å². The van der Waals surface area contributed by atoms with E-state index < -0.39 is 0 Å². The third kappa shape index (κ3) is 3.89. The fourth-order valence-corrected chi connectivity index (χ4v) is 3.59. The molecule has 2 saturated heterocycles. The number of piperidine rings is 1. The first-order valence-electron chi connectivity index (χ1n) is 9.05. The van der Waals surface area contributed by atoms with Crippen LogP contribution in [0.3, 0.4) is 0 Å². The summed E-state index contributed by atoms with van der Waals surface area (Å²) in [5, 5.41) is 0. The van der Waals surface area contributed by atoms with Crippen molar-refractivity contribution in [3.05, 3.63) is 30.2 Å². The molecule has 25 heavy (non-hydrogen) atoms. The third-order valence-corrected chi connectivity index (χ3v) is 5.35. The van der Waals surface area contributed by atoms with E-state index in [2.05, 4.69) is 13.8 Å². The summed E-state index contributed by atoms with van der Waals surface area (Å²) in [7, 11) is 0. The van der Waals surface area contributed by atoms with Crippen LogP contribution in [0.4, 0.5) is 4.79 Å². The van der Waals surface area contributed by atoms with Gasteiger partial charge < -0.3 is 14.1 Å². The van der Waals surface area contributed by atoms with Crippen LogP contribution in [-0.2, 0) is 9.53 Å². The Bertz CT molecular complexity index is 617. The first-order valence-corrected chi connectivity index (χ1v) is 9.05. The number of rotatable bonds is 5. The van der Waals surface area contributed by atoms with Gasteiger partial charge in [0.15, 0.2) is 0 Å². The molecule has 0 N–H and O–H groups in total. The van der Waals surface area contributed by atoms with Gasteiger partial charge in [0.25, 0.3) is 0 Å². The second-order valence-corrected chi connectivity index (χ2v) is 6.84. The quantitative estimate of drug-likeness (QED) is 0.768. The maximum Gasteiger partial charge on any atom is 0.410 e. The number of cyclic esters (lactones) is 1. The summed E-state index contributed by atoms with van der Waals surface area (Å²) in [4.78, 5) is 28.2. The van der Waals surface area contributed by atoms with Crippen molar-refractivity contribution in [1.82, 2.24) is 9.80 Å². The van der Waals surface area contributed by atoms with Gasteiger partial charge in [-0.2, -0.15) is 0 Å². The molecule has 3 heterocycles. The zero-order chi connectivity index (χ0) is 17.8. The lowest BCUT2D eigenvalue weighted by atomic mass is 9.95. The number of furan rings is 1. The van der Waals surface area contributed by atoms with Gasteiger partial charge in [-0.15, -0.1) is 0 Å². The largest absolute Gasteiger partial charge is 0.465 e.